The molecule has 0 bridgehead atoms. The molecule has 0 unspecified atom stereocenters. The zero-order valence-corrected chi connectivity index (χ0v) is 16.3. The molecule has 5 nitrogen and oxygen atoms in total. The molecule has 0 heterocycles. The van der Waals surface area contributed by atoms with Crippen molar-refractivity contribution in [2.75, 3.05) is 10.6 Å². The van der Waals surface area contributed by atoms with E-state index < -0.39 is 0 Å². The largest absolute Gasteiger partial charge is 0.488 e. The molecule has 3 aromatic carbocycles. The number of carbonyl (C=O) groups excluding carboxylic acids is 2. The molecule has 0 aliphatic heterocycles. The first-order valence-corrected chi connectivity index (χ1v) is 9.15. The Labute approximate surface area is 172 Å². The Hall–Kier alpha value is -3.38. The van der Waals surface area contributed by atoms with Crippen LogP contribution in [0.3, 0.4) is 0 Å². The van der Waals surface area contributed by atoms with Crippen LogP contribution in [-0.2, 0) is 11.4 Å². The number of amides is 2. The Morgan fingerprint density at radius 3 is 2.41 bits per heavy atom. The molecule has 0 saturated heterocycles. The van der Waals surface area contributed by atoms with Crippen molar-refractivity contribution in [1.29, 1.82) is 0 Å². The van der Waals surface area contributed by atoms with Crippen molar-refractivity contribution < 1.29 is 18.7 Å². The maximum absolute atomic E-state index is 13.0. The van der Waals surface area contributed by atoms with Gasteiger partial charge in [-0.2, -0.15) is 0 Å². The molecule has 2 N–H and O–H groups in total. The van der Waals surface area contributed by atoms with Crippen LogP contribution in [0.2, 0.25) is 5.02 Å². The monoisotopic (exact) mass is 412 g/mol. The van der Waals surface area contributed by atoms with Gasteiger partial charge in [-0.1, -0.05) is 35.9 Å². The first kappa shape index (κ1) is 20.4. The molecule has 29 heavy (non-hydrogen) atoms. The number of ether oxygens (including phenoxy) is 1. The number of nitrogens with one attached hydrogen (secondary N) is 2. The van der Waals surface area contributed by atoms with Crippen molar-refractivity contribution in [2.24, 2.45) is 0 Å². The number of benzene rings is 3. The molecular weight excluding hydrogens is 395 g/mol. The van der Waals surface area contributed by atoms with Crippen LogP contribution in [0, 0.1) is 5.82 Å². The van der Waals surface area contributed by atoms with Gasteiger partial charge in [-0.15, -0.1) is 0 Å². The minimum Gasteiger partial charge on any atom is -0.488 e. The molecule has 3 aromatic rings. The van der Waals surface area contributed by atoms with E-state index in [-0.39, 0.29) is 24.2 Å². The van der Waals surface area contributed by atoms with Gasteiger partial charge in [0.25, 0.3) is 5.91 Å². The molecule has 0 radical (unpaired) electrons. The molecule has 0 aliphatic carbocycles. The van der Waals surface area contributed by atoms with Gasteiger partial charge < -0.3 is 15.4 Å². The van der Waals surface area contributed by atoms with Crippen molar-refractivity contribution in [2.45, 2.75) is 13.5 Å². The predicted octanol–water partition coefficient (Wildman–Crippen LogP) is 5.27. The summed E-state index contributed by atoms with van der Waals surface area (Å²) in [6, 6.07) is 17.6. The lowest BCUT2D eigenvalue weighted by atomic mass is 10.1. The highest BCUT2D eigenvalue weighted by Gasteiger charge is 2.13. The van der Waals surface area contributed by atoms with Crippen LogP contribution in [-0.4, -0.2) is 11.8 Å². The average Bonchev–Trinajstić information content (AvgIpc) is 2.69. The standard InChI is InChI=1S/C22H18ClFN2O3/c1-14(27)25-20-11-10-17(12-19(20)23)26-22(28)18-4-2-3-5-21(18)29-13-15-6-8-16(24)9-7-15/h2-12H,13H2,1H3,(H,25,27)(H,26,28). The number of hydrogen-bond donors (Lipinski definition) is 2. The van der Waals surface area contributed by atoms with Crippen molar-refractivity contribution in [3.05, 3.63) is 88.7 Å². The van der Waals surface area contributed by atoms with Gasteiger partial charge in [-0.3, -0.25) is 9.59 Å². The van der Waals surface area contributed by atoms with Gasteiger partial charge in [-0.25, -0.2) is 4.39 Å². The van der Waals surface area contributed by atoms with E-state index in [0.29, 0.717) is 27.7 Å². The van der Waals surface area contributed by atoms with Crippen molar-refractivity contribution in [1.82, 2.24) is 0 Å². The summed E-state index contributed by atoms with van der Waals surface area (Å²) in [5.74, 6) is -0.536. The molecule has 3 rings (SSSR count). The fourth-order valence-corrected chi connectivity index (χ4v) is 2.83. The van der Waals surface area contributed by atoms with Crippen LogP contribution in [0.1, 0.15) is 22.8 Å². The Morgan fingerprint density at radius 1 is 1.00 bits per heavy atom. The summed E-state index contributed by atoms with van der Waals surface area (Å²) in [7, 11) is 0. The molecule has 7 heteroatoms. The number of anilines is 2. The second-order valence-electron chi connectivity index (χ2n) is 6.24. The molecular formula is C22H18ClFN2O3. The average molecular weight is 413 g/mol. The molecule has 0 spiro atoms. The van der Waals surface area contributed by atoms with E-state index in [1.54, 1.807) is 54.6 Å². The lowest BCUT2D eigenvalue weighted by molar-refractivity contribution is -0.114. The number of halogens is 2. The van der Waals surface area contributed by atoms with E-state index in [1.807, 2.05) is 0 Å². The maximum Gasteiger partial charge on any atom is 0.259 e. The van der Waals surface area contributed by atoms with Gasteiger partial charge in [0, 0.05) is 12.6 Å². The Kier molecular flexibility index (Phi) is 6.46. The van der Waals surface area contributed by atoms with Gasteiger partial charge in [0.1, 0.15) is 18.2 Å². The zero-order chi connectivity index (χ0) is 20.8. The summed E-state index contributed by atoms with van der Waals surface area (Å²) in [6.45, 7) is 1.58. The second kappa shape index (κ2) is 9.21. The summed E-state index contributed by atoms with van der Waals surface area (Å²) in [6.07, 6.45) is 0. The van der Waals surface area contributed by atoms with Crippen molar-refractivity contribution in [3.63, 3.8) is 0 Å². The Morgan fingerprint density at radius 2 is 1.72 bits per heavy atom. The normalized spacial score (nSPS) is 10.3. The SMILES string of the molecule is CC(=O)Nc1ccc(NC(=O)c2ccccc2OCc2ccc(F)cc2)cc1Cl. The Balaban J connectivity index is 1.72. The lowest BCUT2D eigenvalue weighted by Crippen LogP contribution is -2.14. The van der Waals surface area contributed by atoms with Gasteiger partial charge in [0.2, 0.25) is 5.91 Å². The van der Waals surface area contributed by atoms with Crippen LogP contribution in [0.25, 0.3) is 0 Å². The number of para-hydroxylation sites is 1. The van der Waals surface area contributed by atoms with E-state index in [4.69, 9.17) is 16.3 Å². The Bertz CT molecular complexity index is 1040. The summed E-state index contributed by atoms with van der Waals surface area (Å²) in [5.41, 5.74) is 2.06. The van der Waals surface area contributed by atoms with Crippen LogP contribution >= 0.6 is 11.6 Å². The zero-order valence-electron chi connectivity index (χ0n) is 15.5. The van der Waals surface area contributed by atoms with Gasteiger partial charge in [0.05, 0.1) is 16.3 Å². The molecule has 0 saturated carbocycles. The van der Waals surface area contributed by atoms with E-state index in [9.17, 15) is 14.0 Å². The molecule has 2 amide bonds. The third-order valence-electron chi connectivity index (χ3n) is 3.98. The topological polar surface area (TPSA) is 67.4 Å². The van der Waals surface area contributed by atoms with Crippen LogP contribution < -0.4 is 15.4 Å². The predicted molar refractivity (Wildman–Crippen MR) is 111 cm³/mol. The molecule has 148 valence electrons. The molecule has 0 fully saturated rings. The summed E-state index contributed by atoms with van der Waals surface area (Å²) in [5, 5.41) is 5.67. The second-order valence-corrected chi connectivity index (χ2v) is 6.65. The van der Waals surface area contributed by atoms with Gasteiger partial charge >= 0.3 is 0 Å². The summed E-state index contributed by atoms with van der Waals surface area (Å²) in [4.78, 5) is 23.9. The van der Waals surface area contributed by atoms with Crippen molar-refractivity contribution in [3.8, 4) is 5.75 Å². The lowest BCUT2D eigenvalue weighted by Gasteiger charge is -2.13. The summed E-state index contributed by atoms with van der Waals surface area (Å²) < 4.78 is 18.8. The van der Waals surface area contributed by atoms with Crippen molar-refractivity contribution >= 4 is 34.8 Å². The third kappa shape index (κ3) is 5.56. The van der Waals surface area contributed by atoms with Crippen LogP contribution in [0.15, 0.2) is 66.7 Å². The molecule has 0 aromatic heterocycles. The third-order valence-corrected chi connectivity index (χ3v) is 4.29. The highest BCUT2D eigenvalue weighted by molar-refractivity contribution is 6.34. The number of hydrogen-bond acceptors (Lipinski definition) is 3. The highest BCUT2D eigenvalue weighted by Crippen LogP contribution is 2.27. The summed E-state index contributed by atoms with van der Waals surface area (Å²) >= 11 is 6.15. The first-order chi connectivity index (χ1) is 13.9. The maximum atomic E-state index is 13.0. The highest BCUT2D eigenvalue weighted by atomic mass is 35.5. The molecule has 0 atom stereocenters. The first-order valence-electron chi connectivity index (χ1n) is 8.77. The number of rotatable bonds is 6. The van der Waals surface area contributed by atoms with E-state index >= 15 is 0 Å². The number of carbonyl (C=O) groups is 2. The fraction of sp³-hybridized carbons (Fsp3) is 0.0909. The quantitative estimate of drug-likeness (QED) is 0.579. The smallest absolute Gasteiger partial charge is 0.259 e. The minimum absolute atomic E-state index is 0.196. The van der Waals surface area contributed by atoms with Gasteiger partial charge in [-0.05, 0) is 48.0 Å². The fourth-order valence-electron chi connectivity index (χ4n) is 2.60. The molecule has 0 aliphatic rings. The van der Waals surface area contributed by atoms with Crippen LogP contribution in [0.5, 0.6) is 5.75 Å². The van der Waals surface area contributed by atoms with E-state index in [0.717, 1.165) is 5.56 Å². The van der Waals surface area contributed by atoms with Crippen LogP contribution in [0.4, 0.5) is 15.8 Å². The minimum atomic E-state index is -0.372. The van der Waals surface area contributed by atoms with E-state index in [2.05, 4.69) is 10.6 Å². The van der Waals surface area contributed by atoms with E-state index in [1.165, 1.54) is 19.1 Å². The van der Waals surface area contributed by atoms with Gasteiger partial charge in [0.15, 0.2) is 0 Å².